The molecule has 0 bridgehead atoms. The van der Waals surface area contributed by atoms with Crippen LogP contribution in [0.5, 0.6) is 0 Å². The van der Waals surface area contributed by atoms with E-state index in [1.54, 1.807) is 0 Å². The summed E-state index contributed by atoms with van der Waals surface area (Å²) in [5.41, 5.74) is 3.12. The van der Waals surface area contributed by atoms with Crippen LogP contribution in [-0.4, -0.2) is 25.0 Å². The highest BCUT2D eigenvalue weighted by Gasteiger charge is 2.13. The lowest BCUT2D eigenvalue weighted by Gasteiger charge is -2.07. The van der Waals surface area contributed by atoms with Gasteiger partial charge in [-0.25, -0.2) is 0 Å². The molecule has 2 rings (SSSR count). The maximum absolute atomic E-state index is 11.8. The van der Waals surface area contributed by atoms with Crippen molar-refractivity contribution in [2.24, 2.45) is 0 Å². The maximum Gasteiger partial charge on any atom is 0.188 e. The van der Waals surface area contributed by atoms with E-state index in [0.717, 1.165) is 24.2 Å². The average Bonchev–Trinajstić information content (AvgIpc) is 2.72. The first-order valence-corrected chi connectivity index (χ1v) is 5.68. The molecule has 86 valence electrons. The second-order valence-electron chi connectivity index (χ2n) is 4.33. The minimum atomic E-state index is 0.0465. The fourth-order valence-corrected chi connectivity index (χ4v) is 1.79. The zero-order valence-corrected chi connectivity index (χ0v) is 9.75. The largest absolute Gasteiger partial charge is 0.384 e. The molecule has 1 aromatic rings. The number of ether oxygens (including phenoxy) is 1. The summed E-state index contributed by atoms with van der Waals surface area (Å²) in [5, 5.41) is 3.27. The zero-order valence-electron chi connectivity index (χ0n) is 9.75. The van der Waals surface area contributed by atoms with Crippen molar-refractivity contribution in [3.05, 3.63) is 29.3 Å². The minimum Gasteiger partial charge on any atom is -0.384 e. The predicted molar refractivity (Wildman–Crippen MR) is 64.1 cm³/mol. The van der Waals surface area contributed by atoms with Crippen LogP contribution in [0.25, 0.3) is 0 Å². The number of benzene rings is 1. The van der Waals surface area contributed by atoms with Crippen LogP contribution in [0.15, 0.2) is 18.2 Å². The smallest absolute Gasteiger partial charge is 0.188 e. The molecule has 0 spiro atoms. The van der Waals surface area contributed by atoms with E-state index in [1.165, 1.54) is 5.56 Å². The molecule has 3 nitrogen and oxygen atoms in total. The van der Waals surface area contributed by atoms with Gasteiger partial charge in [0.1, 0.15) is 6.61 Å². The fraction of sp³-hybridized carbons (Fsp3) is 0.462. The third-order valence-corrected chi connectivity index (χ3v) is 2.69. The Morgan fingerprint density at radius 2 is 2.31 bits per heavy atom. The number of ketones is 1. The van der Waals surface area contributed by atoms with Crippen LogP contribution in [0, 0.1) is 0 Å². The minimum absolute atomic E-state index is 0.0465. The Hall–Kier alpha value is -1.35. The lowest BCUT2D eigenvalue weighted by atomic mass is 10.1. The van der Waals surface area contributed by atoms with Gasteiger partial charge in [0.25, 0.3) is 0 Å². The van der Waals surface area contributed by atoms with Gasteiger partial charge in [-0.05, 0) is 31.9 Å². The molecule has 0 radical (unpaired) electrons. The van der Waals surface area contributed by atoms with E-state index in [1.807, 2.05) is 32.0 Å². The molecule has 0 unspecified atom stereocenters. The first-order chi connectivity index (χ1) is 7.66. The quantitative estimate of drug-likeness (QED) is 0.789. The lowest BCUT2D eigenvalue weighted by molar-refractivity contribution is 0.0585. The molecule has 0 aromatic heterocycles. The summed E-state index contributed by atoms with van der Waals surface area (Å²) in [7, 11) is 0. The van der Waals surface area contributed by atoms with E-state index in [0.29, 0.717) is 0 Å². The second-order valence-corrected chi connectivity index (χ2v) is 4.33. The van der Waals surface area contributed by atoms with E-state index < -0.39 is 0 Å². The molecule has 0 saturated carbocycles. The summed E-state index contributed by atoms with van der Waals surface area (Å²) in [4.78, 5) is 11.8. The molecule has 0 fully saturated rings. The molecule has 0 saturated heterocycles. The maximum atomic E-state index is 11.8. The van der Waals surface area contributed by atoms with Crippen LogP contribution in [0.2, 0.25) is 0 Å². The molecule has 3 heteroatoms. The lowest BCUT2D eigenvalue weighted by Crippen LogP contribution is -2.13. The van der Waals surface area contributed by atoms with Crippen molar-refractivity contribution in [2.45, 2.75) is 26.4 Å². The van der Waals surface area contributed by atoms with E-state index in [2.05, 4.69) is 5.32 Å². The Labute approximate surface area is 95.8 Å². The highest BCUT2D eigenvalue weighted by molar-refractivity contribution is 5.98. The predicted octanol–water partition coefficient (Wildman–Crippen LogP) is 2.26. The number of Topliss-reactive ketones (excluding diaryl/α,β-unsaturated/α-hetero) is 1. The molecule has 0 amide bonds. The van der Waals surface area contributed by atoms with E-state index >= 15 is 0 Å². The van der Waals surface area contributed by atoms with Crippen molar-refractivity contribution in [3.63, 3.8) is 0 Å². The Morgan fingerprint density at radius 1 is 1.50 bits per heavy atom. The second kappa shape index (κ2) is 4.66. The van der Waals surface area contributed by atoms with Gasteiger partial charge in [0.2, 0.25) is 0 Å². The number of anilines is 1. The van der Waals surface area contributed by atoms with Gasteiger partial charge in [-0.15, -0.1) is 0 Å². The van der Waals surface area contributed by atoms with Crippen LogP contribution in [0.4, 0.5) is 5.69 Å². The van der Waals surface area contributed by atoms with Crippen molar-refractivity contribution in [1.29, 1.82) is 0 Å². The summed E-state index contributed by atoms with van der Waals surface area (Å²) in [5.74, 6) is 0.0465. The number of hydrogen-bond acceptors (Lipinski definition) is 3. The van der Waals surface area contributed by atoms with Crippen LogP contribution in [0.3, 0.4) is 0 Å². The molecular formula is C13H17NO2. The fourth-order valence-electron chi connectivity index (χ4n) is 1.79. The Bertz CT molecular complexity index is 399. The van der Waals surface area contributed by atoms with E-state index in [-0.39, 0.29) is 18.5 Å². The first kappa shape index (κ1) is 11.1. The van der Waals surface area contributed by atoms with Crippen LogP contribution >= 0.6 is 0 Å². The van der Waals surface area contributed by atoms with Gasteiger partial charge in [-0.2, -0.15) is 0 Å². The molecular weight excluding hydrogens is 202 g/mol. The van der Waals surface area contributed by atoms with Crippen molar-refractivity contribution < 1.29 is 9.53 Å². The van der Waals surface area contributed by atoms with Gasteiger partial charge < -0.3 is 10.1 Å². The molecule has 1 aliphatic rings. The van der Waals surface area contributed by atoms with Gasteiger partial charge in [-0.1, -0.05) is 12.1 Å². The van der Waals surface area contributed by atoms with Gasteiger partial charge in [-0.3, -0.25) is 4.79 Å². The van der Waals surface area contributed by atoms with Crippen molar-refractivity contribution >= 4 is 11.5 Å². The summed E-state index contributed by atoms with van der Waals surface area (Å²) in [6, 6.07) is 5.84. The summed E-state index contributed by atoms with van der Waals surface area (Å²) >= 11 is 0. The highest BCUT2D eigenvalue weighted by Crippen LogP contribution is 2.23. The van der Waals surface area contributed by atoms with Crippen LogP contribution in [0.1, 0.15) is 29.8 Å². The van der Waals surface area contributed by atoms with Crippen LogP contribution in [-0.2, 0) is 11.2 Å². The molecule has 1 aromatic carbocycles. The third-order valence-electron chi connectivity index (χ3n) is 2.69. The normalized spacial score (nSPS) is 13.7. The SMILES string of the molecule is CC(C)OCC(=O)c1ccc2c(c1)NCC2. The Kier molecular flexibility index (Phi) is 3.25. The molecule has 16 heavy (non-hydrogen) atoms. The third kappa shape index (κ3) is 2.42. The van der Waals surface area contributed by atoms with Gasteiger partial charge in [0.15, 0.2) is 5.78 Å². The van der Waals surface area contributed by atoms with Gasteiger partial charge >= 0.3 is 0 Å². The van der Waals surface area contributed by atoms with Gasteiger partial charge in [0, 0.05) is 17.8 Å². The summed E-state index contributed by atoms with van der Waals surface area (Å²) in [6.45, 7) is 4.99. The van der Waals surface area contributed by atoms with Crippen LogP contribution < -0.4 is 5.32 Å². The number of hydrogen-bond donors (Lipinski definition) is 1. The number of carbonyl (C=O) groups excluding carboxylic acids is 1. The standard InChI is InChI=1S/C13H17NO2/c1-9(2)16-8-13(15)11-4-3-10-5-6-14-12(10)7-11/h3-4,7,9,14H,5-6,8H2,1-2H3. The monoisotopic (exact) mass is 219 g/mol. The number of carbonyl (C=O) groups is 1. The van der Waals surface area contributed by atoms with Gasteiger partial charge in [0.05, 0.1) is 6.10 Å². The molecule has 0 atom stereocenters. The molecule has 0 aliphatic carbocycles. The number of rotatable bonds is 4. The highest BCUT2D eigenvalue weighted by atomic mass is 16.5. The Morgan fingerprint density at radius 3 is 3.06 bits per heavy atom. The van der Waals surface area contributed by atoms with Crippen molar-refractivity contribution in [2.75, 3.05) is 18.5 Å². The summed E-state index contributed by atoms with van der Waals surface area (Å²) < 4.78 is 5.31. The van der Waals surface area contributed by atoms with Crippen molar-refractivity contribution in [1.82, 2.24) is 0 Å². The number of nitrogens with one attached hydrogen (secondary N) is 1. The number of fused-ring (bicyclic) bond motifs is 1. The molecule has 1 heterocycles. The topological polar surface area (TPSA) is 38.3 Å². The molecule has 1 aliphatic heterocycles. The average molecular weight is 219 g/mol. The molecule has 1 N–H and O–H groups in total. The first-order valence-electron chi connectivity index (χ1n) is 5.68. The van der Waals surface area contributed by atoms with E-state index in [4.69, 9.17) is 4.74 Å². The zero-order chi connectivity index (χ0) is 11.5. The Balaban J connectivity index is 2.06. The summed E-state index contributed by atoms with van der Waals surface area (Å²) in [6.07, 6.45) is 1.14. The van der Waals surface area contributed by atoms with Crippen molar-refractivity contribution in [3.8, 4) is 0 Å². The van der Waals surface area contributed by atoms with E-state index in [9.17, 15) is 4.79 Å².